The Bertz CT molecular complexity index is 776. The van der Waals surface area contributed by atoms with Crippen molar-refractivity contribution < 1.29 is 9.59 Å². The van der Waals surface area contributed by atoms with Crippen molar-refractivity contribution in [2.75, 3.05) is 5.32 Å². The van der Waals surface area contributed by atoms with E-state index in [1.807, 2.05) is 0 Å². The fourth-order valence-electron chi connectivity index (χ4n) is 1.97. The minimum absolute atomic E-state index is 0.129. The first kappa shape index (κ1) is 15.8. The molecule has 1 aliphatic carbocycles. The lowest BCUT2D eigenvalue weighted by molar-refractivity contribution is 0.0951. The van der Waals surface area contributed by atoms with E-state index in [0.717, 1.165) is 12.8 Å². The lowest BCUT2D eigenvalue weighted by atomic mass is 10.2. The van der Waals surface area contributed by atoms with Crippen molar-refractivity contribution in [3.63, 3.8) is 0 Å². The molecule has 2 amide bonds. The minimum atomic E-state index is -0.463. The summed E-state index contributed by atoms with van der Waals surface area (Å²) in [6.45, 7) is 0. The van der Waals surface area contributed by atoms with Crippen LogP contribution in [0.3, 0.4) is 0 Å². The Kier molecular flexibility index (Phi) is 4.50. The molecule has 1 aliphatic rings. The first-order chi connectivity index (χ1) is 11.0. The van der Waals surface area contributed by atoms with Crippen molar-refractivity contribution in [2.45, 2.75) is 18.9 Å². The topological polar surface area (TPSA) is 71.1 Å². The Hall–Kier alpha value is -2.11. The highest BCUT2D eigenvalue weighted by Crippen LogP contribution is 2.25. The third kappa shape index (κ3) is 4.00. The van der Waals surface area contributed by atoms with Gasteiger partial charge in [0.25, 0.3) is 11.8 Å². The number of hydrogen-bond donors (Lipinski definition) is 2. The Morgan fingerprint density at radius 1 is 1.09 bits per heavy atom. The quantitative estimate of drug-likeness (QED) is 0.886. The molecule has 0 unspecified atom stereocenters. The number of halogens is 2. The molecular formula is C16H13Cl2N3O2. The van der Waals surface area contributed by atoms with Crippen molar-refractivity contribution in [3.05, 3.63) is 57.8 Å². The first-order valence-electron chi connectivity index (χ1n) is 7.06. The number of hydrogen-bond acceptors (Lipinski definition) is 3. The number of pyridine rings is 1. The summed E-state index contributed by atoms with van der Waals surface area (Å²) in [5.41, 5.74) is 0.914. The van der Waals surface area contributed by atoms with Crippen LogP contribution >= 0.6 is 23.2 Å². The molecule has 0 radical (unpaired) electrons. The summed E-state index contributed by atoms with van der Waals surface area (Å²) in [5.74, 6) is -0.667. The van der Waals surface area contributed by atoms with Gasteiger partial charge in [-0.1, -0.05) is 23.2 Å². The van der Waals surface area contributed by atoms with Crippen LogP contribution in [0.25, 0.3) is 0 Å². The van der Waals surface area contributed by atoms with E-state index in [0.29, 0.717) is 21.3 Å². The maximum absolute atomic E-state index is 12.3. The van der Waals surface area contributed by atoms with Crippen molar-refractivity contribution in [3.8, 4) is 0 Å². The molecule has 0 spiro atoms. The van der Waals surface area contributed by atoms with E-state index in [2.05, 4.69) is 15.6 Å². The number of amides is 2. The normalized spacial score (nSPS) is 13.5. The Morgan fingerprint density at radius 2 is 1.87 bits per heavy atom. The SMILES string of the molecule is O=C(NC1CC1)c1ccnc(C(=O)Nc2cc(Cl)ccc2Cl)c1. The third-order valence-corrected chi connectivity index (χ3v) is 3.91. The largest absolute Gasteiger partial charge is 0.349 e. The zero-order valence-corrected chi connectivity index (χ0v) is 13.5. The maximum atomic E-state index is 12.3. The molecule has 3 rings (SSSR count). The van der Waals surface area contributed by atoms with Crippen LogP contribution in [-0.4, -0.2) is 22.8 Å². The summed E-state index contributed by atoms with van der Waals surface area (Å²) in [7, 11) is 0. The van der Waals surface area contributed by atoms with Crippen LogP contribution in [0.15, 0.2) is 36.5 Å². The van der Waals surface area contributed by atoms with Gasteiger partial charge in [-0.2, -0.15) is 0 Å². The number of carbonyl (C=O) groups excluding carboxylic acids is 2. The van der Waals surface area contributed by atoms with Crippen LogP contribution in [0.4, 0.5) is 5.69 Å². The van der Waals surface area contributed by atoms with E-state index >= 15 is 0 Å². The van der Waals surface area contributed by atoms with Gasteiger partial charge in [-0.15, -0.1) is 0 Å². The Morgan fingerprint density at radius 3 is 2.61 bits per heavy atom. The number of rotatable bonds is 4. The third-order valence-electron chi connectivity index (χ3n) is 3.34. The smallest absolute Gasteiger partial charge is 0.274 e. The molecule has 1 aromatic carbocycles. The molecule has 2 N–H and O–H groups in total. The van der Waals surface area contributed by atoms with Crippen LogP contribution in [0.2, 0.25) is 10.0 Å². The summed E-state index contributed by atoms with van der Waals surface area (Å²) in [5, 5.41) is 6.32. The summed E-state index contributed by atoms with van der Waals surface area (Å²) in [6.07, 6.45) is 3.42. The van der Waals surface area contributed by atoms with Gasteiger partial charge in [-0.3, -0.25) is 14.6 Å². The average molecular weight is 350 g/mol. The van der Waals surface area contributed by atoms with Crippen molar-refractivity contribution in [2.24, 2.45) is 0 Å². The van der Waals surface area contributed by atoms with E-state index in [4.69, 9.17) is 23.2 Å². The molecule has 0 atom stereocenters. The van der Waals surface area contributed by atoms with E-state index in [-0.39, 0.29) is 17.6 Å². The summed E-state index contributed by atoms with van der Waals surface area (Å²) < 4.78 is 0. The number of nitrogens with one attached hydrogen (secondary N) is 2. The highest BCUT2D eigenvalue weighted by Gasteiger charge is 2.24. The van der Waals surface area contributed by atoms with E-state index in [9.17, 15) is 9.59 Å². The second-order valence-corrected chi connectivity index (χ2v) is 6.10. The van der Waals surface area contributed by atoms with E-state index in [1.165, 1.54) is 12.3 Å². The lowest BCUT2D eigenvalue weighted by Crippen LogP contribution is -2.26. The van der Waals surface area contributed by atoms with Gasteiger partial charge in [0.15, 0.2) is 0 Å². The number of anilines is 1. The zero-order valence-electron chi connectivity index (χ0n) is 12.0. The first-order valence-corrected chi connectivity index (χ1v) is 7.82. The molecule has 0 aliphatic heterocycles. The number of nitrogens with zero attached hydrogens (tertiary/aromatic N) is 1. The summed E-state index contributed by atoms with van der Waals surface area (Å²) >= 11 is 11.9. The molecule has 1 fully saturated rings. The molecular weight excluding hydrogens is 337 g/mol. The molecule has 1 heterocycles. The van der Waals surface area contributed by atoms with Crippen molar-refractivity contribution in [1.82, 2.24) is 10.3 Å². The van der Waals surface area contributed by atoms with Gasteiger partial charge in [0.1, 0.15) is 5.69 Å². The average Bonchev–Trinajstić information content (AvgIpc) is 3.35. The highest BCUT2D eigenvalue weighted by molar-refractivity contribution is 6.35. The predicted molar refractivity (Wildman–Crippen MR) is 89.1 cm³/mol. The lowest BCUT2D eigenvalue weighted by Gasteiger charge is -2.08. The predicted octanol–water partition coefficient (Wildman–Crippen LogP) is 3.53. The molecule has 7 heteroatoms. The van der Waals surface area contributed by atoms with Gasteiger partial charge in [-0.05, 0) is 43.2 Å². The molecule has 0 bridgehead atoms. The van der Waals surface area contributed by atoms with Crippen LogP contribution in [-0.2, 0) is 0 Å². The minimum Gasteiger partial charge on any atom is -0.349 e. The van der Waals surface area contributed by atoms with Gasteiger partial charge in [0.2, 0.25) is 0 Å². The fourth-order valence-corrected chi connectivity index (χ4v) is 2.31. The Balaban J connectivity index is 1.76. The van der Waals surface area contributed by atoms with Crippen LogP contribution in [0.1, 0.15) is 33.7 Å². The van der Waals surface area contributed by atoms with E-state index in [1.54, 1.807) is 24.3 Å². The summed E-state index contributed by atoms with van der Waals surface area (Å²) in [6, 6.07) is 8.03. The Labute approximate surface area is 143 Å². The summed E-state index contributed by atoms with van der Waals surface area (Å²) in [4.78, 5) is 28.3. The van der Waals surface area contributed by atoms with Crippen molar-refractivity contribution in [1.29, 1.82) is 0 Å². The van der Waals surface area contributed by atoms with Crippen LogP contribution in [0.5, 0.6) is 0 Å². The molecule has 23 heavy (non-hydrogen) atoms. The fraction of sp³-hybridized carbons (Fsp3) is 0.188. The molecule has 2 aromatic rings. The number of aromatic nitrogens is 1. The zero-order chi connectivity index (χ0) is 16.4. The standard InChI is InChI=1S/C16H13Cl2N3O2/c17-10-1-4-12(18)13(8-10)21-16(23)14-7-9(5-6-19-14)15(22)20-11-2-3-11/h1,4-8,11H,2-3H2,(H,20,22)(H,21,23). The van der Waals surface area contributed by atoms with E-state index < -0.39 is 5.91 Å². The second-order valence-electron chi connectivity index (χ2n) is 5.26. The van der Waals surface area contributed by atoms with Crippen molar-refractivity contribution >= 4 is 40.7 Å². The van der Waals surface area contributed by atoms with Gasteiger partial charge in [0.05, 0.1) is 10.7 Å². The van der Waals surface area contributed by atoms with Gasteiger partial charge in [-0.25, -0.2) is 0 Å². The molecule has 1 saturated carbocycles. The number of carbonyl (C=O) groups is 2. The van der Waals surface area contributed by atoms with Crippen LogP contribution in [0, 0.1) is 0 Å². The van der Waals surface area contributed by atoms with Gasteiger partial charge < -0.3 is 10.6 Å². The molecule has 1 aromatic heterocycles. The van der Waals surface area contributed by atoms with Gasteiger partial charge in [0, 0.05) is 22.8 Å². The van der Waals surface area contributed by atoms with Crippen LogP contribution < -0.4 is 10.6 Å². The van der Waals surface area contributed by atoms with Gasteiger partial charge >= 0.3 is 0 Å². The molecule has 118 valence electrons. The monoisotopic (exact) mass is 349 g/mol. The molecule has 5 nitrogen and oxygen atoms in total. The second kappa shape index (κ2) is 6.56. The maximum Gasteiger partial charge on any atom is 0.274 e. The number of benzene rings is 1. The highest BCUT2D eigenvalue weighted by atomic mass is 35.5. The molecule has 0 saturated heterocycles.